The number of carbonyl (C=O) groups is 2. The third kappa shape index (κ3) is 2.68. The van der Waals surface area contributed by atoms with Gasteiger partial charge >= 0.3 is 0 Å². The molecule has 2 aliphatic rings. The molecule has 2 aromatic rings. The SMILES string of the molecule is O=C(c1ccc(Cl)c(N2C(=O)CCS2(=O)=O)c1)N1CCc2ccccc21. The maximum Gasteiger partial charge on any atom is 0.258 e. The Kier molecular flexibility index (Phi) is 4.00. The van der Waals surface area contributed by atoms with Gasteiger partial charge in [-0.3, -0.25) is 9.59 Å². The molecule has 0 atom stereocenters. The molecule has 0 spiro atoms. The highest BCUT2D eigenvalue weighted by molar-refractivity contribution is 7.94. The summed E-state index contributed by atoms with van der Waals surface area (Å²) in [6.45, 7) is 0.553. The van der Waals surface area contributed by atoms with Crippen molar-refractivity contribution in [1.82, 2.24) is 0 Å². The normalized spacial score (nSPS) is 18.3. The van der Waals surface area contributed by atoms with Gasteiger partial charge in [-0.25, -0.2) is 12.7 Å². The number of sulfonamides is 1. The van der Waals surface area contributed by atoms with Crippen LogP contribution in [0.15, 0.2) is 42.5 Å². The van der Waals surface area contributed by atoms with Crippen LogP contribution in [0.3, 0.4) is 0 Å². The smallest absolute Gasteiger partial charge is 0.258 e. The summed E-state index contributed by atoms with van der Waals surface area (Å²) in [5.41, 5.74) is 2.26. The largest absolute Gasteiger partial charge is 0.308 e. The van der Waals surface area contributed by atoms with Crippen molar-refractivity contribution in [2.24, 2.45) is 0 Å². The molecule has 2 aromatic carbocycles. The van der Waals surface area contributed by atoms with Crippen molar-refractivity contribution >= 4 is 44.8 Å². The van der Waals surface area contributed by atoms with Crippen LogP contribution in [-0.4, -0.2) is 32.5 Å². The zero-order chi connectivity index (χ0) is 18.5. The number of para-hydroxylation sites is 1. The molecule has 0 bridgehead atoms. The molecule has 0 unspecified atom stereocenters. The van der Waals surface area contributed by atoms with Gasteiger partial charge in [0, 0.05) is 24.2 Å². The molecule has 0 saturated carbocycles. The minimum atomic E-state index is -3.75. The Hall–Kier alpha value is -2.38. The van der Waals surface area contributed by atoms with Crippen molar-refractivity contribution in [2.75, 3.05) is 21.5 Å². The monoisotopic (exact) mass is 390 g/mol. The summed E-state index contributed by atoms with van der Waals surface area (Å²) < 4.78 is 25.1. The van der Waals surface area contributed by atoms with Crippen LogP contribution in [0.4, 0.5) is 11.4 Å². The van der Waals surface area contributed by atoms with Gasteiger partial charge in [-0.05, 0) is 36.2 Å². The molecular formula is C18H15ClN2O4S. The Morgan fingerprint density at radius 3 is 2.54 bits per heavy atom. The number of nitrogens with zero attached hydrogens (tertiary/aromatic N) is 2. The van der Waals surface area contributed by atoms with Crippen LogP contribution < -0.4 is 9.21 Å². The lowest BCUT2D eigenvalue weighted by molar-refractivity contribution is -0.116. The molecule has 8 heteroatoms. The average molecular weight is 391 g/mol. The Labute approximate surface area is 156 Å². The van der Waals surface area contributed by atoms with Gasteiger partial charge in [0.25, 0.3) is 5.91 Å². The number of amides is 2. The molecule has 6 nitrogen and oxygen atoms in total. The van der Waals surface area contributed by atoms with E-state index in [9.17, 15) is 18.0 Å². The molecule has 4 rings (SSSR count). The Balaban J connectivity index is 1.73. The second kappa shape index (κ2) is 6.10. The van der Waals surface area contributed by atoms with Gasteiger partial charge in [-0.2, -0.15) is 0 Å². The molecule has 134 valence electrons. The summed E-state index contributed by atoms with van der Waals surface area (Å²) in [5, 5.41) is 0.113. The Bertz CT molecular complexity index is 1040. The van der Waals surface area contributed by atoms with E-state index in [1.165, 1.54) is 12.1 Å². The molecule has 0 radical (unpaired) electrons. The predicted octanol–water partition coefficient (Wildman–Crippen LogP) is 2.61. The van der Waals surface area contributed by atoms with Crippen molar-refractivity contribution < 1.29 is 18.0 Å². The van der Waals surface area contributed by atoms with Crippen LogP contribution in [0.1, 0.15) is 22.3 Å². The van der Waals surface area contributed by atoms with Crippen molar-refractivity contribution in [3.8, 4) is 0 Å². The van der Waals surface area contributed by atoms with Gasteiger partial charge < -0.3 is 4.90 Å². The molecule has 2 aliphatic heterocycles. The fourth-order valence-electron chi connectivity index (χ4n) is 3.35. The van der Waals surface area contributed by atoms with Gasteiger partial charge in [0.2, 0.25) is 15.9 Å². The highest BCUT2D eigenvalue weighted by atomic mass is 35.5. The van der Waals surface area contributed by atoms with E-state index >= 15 is 0 Å². The van der Waals surface area contributed by atoms with Crippen molar-refractivity contribution in [2.45, 2.75) is 12.8 Å². The fraction of sp³-hybridized carbons (Fsp3) is 0.222. The summed E-state index contributed by atoms with van der Waals surface area (Å²) in [6.07, 6.45) is 0.678. The number of hydrogen-bond donors (Lipinski definition) is 0. The predicted molar refractivity (Wildman–Crippen MR) is 99.2 cm³/mol. The third-order valence-corrected chi connectivity index (χ3v) is 6.62. The highest BCUT2D eigenvalue weighted by Crippen LogP contribution is 2.34. The van der Waals surface area contributed by atoms with Gasteiger partial charge in [-0.1, -0.05) is 29.8 Å². The number of anilines is 2. The molecule has 1 saturated heterocycles. The third-order valence-electron chi connectivity index (χ3n) is 4.62. The number of halogens is 1. The Morgan fingerprint density at radius 2 is 1.81 bits per heavy atom. The van der Waals surface area contributed by atoms with E-state index in [0.29, 0.717) is 10.8 Å². The molecule has 1 fully saturated rings. The van der Waals surface area contributed by atoms with Crippen molar-refractivity contribution in [3.63, 3.8) is 0 Å². The molecule has 0 aromatic heterocycles. The van der Waals surface area contributed by atoms with Gasteiger partial charge in [0.05, 0.1) is 16.5 Å². The van der Waals surface area contributed by atoms with E-state index in [4.69, 9.17) is 11.6 Å². The maximum atomic E-state index is 13.0. The minimum Gasteiger partial charge on any atom is -0.308 e. The van der Waals surface area contributed by atoms with Crippen LogP contribution in [0, 0.1) is 0 Å². The first-order chi connectivity index (χ1) is 12.4. The highest BCUT2D eigenvalue weighted by Gasteiger charge is 2.38. The van der Waals surface area contributed by atoms with Crippen molar-refractivity contribution in [3.05, 3.63) is 58.6 Å². The number of rotatable bonds is 2. The van der Waals surface area contributed by atoms with Crippen molar-refractivity contribution in [1.29, 1.82) is 0 Å². The lowest BCUT2D eigenvalue weighted by Crippen LogP contribution is -2.31. The number of hydrogen-bond acceptors (Lipinski definition) is 4. The molecular weight excluding hydrogens is 376 g/mol. The van der Waals surface area contributed by atoms with E-state index < -0.39 is 15.9 Å². The molecule has 0 aliphatic carbocycles. The van der Waals surface area contributed by atoms with E-state index in [-0.39, 0.29) is 34.4 Å². The van der Waals surface area contributed by atoms with Gasteiger partial charge in [0.1, 0.15) is 0 Å². The van der Waals surface area contributed by atoms with Crippen LogP contribution >= 0.6 is 11.6 Å². The second-order valence-electron chi connectivity index (χ2n) is 6.23. The second-order valence-corrected chi connectivity index (χ2v) is 8.57. The molecule has 2 amide bonds. The fourth-order valence-corrected chi connectivity index (χ4v) is 5.07. The molecule has 2 heterocycles. The first-order valence-corrected chi connectivity index (χ1v) is 10.1. The summed E-state index contributed by atoms with van der Waals surface area (Å²) >= 11 is 6.13. The maximum absolute atomic E-state index is 13.0. The molecule has 0 N–H and O–H groups in total. The standard InChI is InChI=1S/C18H15ClN2O4S/c19-14-6-5-13(11-16(14)21-17(22)8-10-26(21,24)25)18(23)20-9-7-12-3-1-2-4-15(12)20/h1-6,11H,7-10H2. The zero-order valence-corrected chi connectivity index (χ0v) is 15.3. The summed E-state index contributed by atoms with van der Waals surface area (Å²) in [6, 6.07) is 12.0. The summed E-state index contributed by atoms with van der Waals surface area (Å²) in [4.78, 5) is 26.7. The number of fused-ring (bicyclic) bond motifs is 1. The molecule has 26 heavy (non-hydrogen) atoms. The first kappa shape index (κ1) is 17.1. The topological polar surface area (TPSA) is 74.8 Å². The minimum absolute atomic E-state index is 0.0347. The van der Waals surface area contributed by atoms with E-state index in [1.54, 1.807) is 11.0 Å². The van der Waals surface area contributed by atoms with Crippen LogP contribution in [-0.2, 0) is 21.2 Å². The summed E-state index contributed by atoms with van der Waals surface area (Å²) in [5.74, 6) is -1.04. The van der Waals surface area contributed by atoms with E-state index in [1.807, 2.05) is 24.3 Å². The number of benzene rings is 2. The lowest BCUT2D eigenvalue weighted by Gasteiger charge is -2.20. The van der Waals surface area contributed by atoms with Gasteiger partial charge in [0.15, 0.2) is 0 Å². The average Bonchev–Trinajstić information content (AvgIpc) is 3.16. The van der Waals surface area contributed by atoms with Crippen LogP contribution in [0.5, 0.6) is 0 Å². The Morgan fingerprint density at radius 1 is 1.04 bits per heavy atom. The van der Waals surface area contributed by atoms with Crippen LogP contribution in [0.25, 0.3) is 0 Å². The van der Waals surface area contributed by atoms with Crippen LogP contribution in [0.2, 0.25) is 5.02 Å². The van der Waals surface area contributed by atoms with E-state index in [0.717, 1.165) is 17.7 Å². The van der Waals surface area contributed by atoms with Gasteiger partial charge in [-0.15, -0.1) is 0 Å². The summed E-state index contributed by atoms with van der Waals surface area (Å²) in [7, 11) is -3.75. The quantitative estimate of drug-likeness (QED) is 0.790. The zero-order valence-electron chi connectivity index (χ0n) is 13.7. The first-order valence-electron chi connectivity index (χ1n) is 8.13. The van der Waals surface area contributed by atoms with E-state index in [2.05, 4.69) is 0 Å². The number of carbonyl (C=O) groups excluding carboxylic acids is 2. The lowest BCUT2D eigenvalue weighted by atomic mass is 10.1.